The third-order valence-electron chi connectivity index (χ3n) is 11.8. The Morgan fingerprint density at radius 2 is 1.12 bits per heavy atom. The molecule has 4 aliphatic rings. The van der Waals surface area contributed by atoms with Crippen LogP contribution in [-0.4, -0.2) is 13.2 Å². The van der Waals surface area contributed by atoms with E-state index in [1.165, 1.54) is 33.7 Å². The number of benzene rings is 1. The highest BCUT2D eigenvalue weighted by atomic mass is 32.1. The van der Waals surface area contributed by atoms with Crippen LogP contribution >= 0.6 is 45.3 Å². The molecule has 0 atom stereocenters. The van der Waals surface area contributed by atoms with Crippen LogP contribution in [0.15, 0.2) is 47.7 Å². The van der Waals surface area contributed by atoms with E-state index in [1.807, 2.05) is 30.3 Å². The summed E-state index contributed by atoms with van der Waals surface area (Å²) in [5, 5.41) is 28.5. The highest BCUT2D eigenvalue weighted by Gasteiger charge is 2.47. The Hall–Kier alpha value is -5.34. The number of allylic oxidation sites excluding steroid dienone is 2. The molecule has 2 fully saturated rings. The Morgan fingerprint density at radius 1 is 0.650 bits per heavy atom. The molecule has 1 aromatic carbocycles. The fraction of sp³-hybridized carbons (Fsp3) is 0.375. The molecule has 9 rings (SSSR count). The summed E-state index contributed by atoms with van der Waals surface area (Å²) in [5.74, 6) is 3.30. The lowest BCUT2D eigenvalue weighted by molar-refractivity contribution is 0.0203. The summed E-state index contributed by atoms with van der Waals surface area (Å²) in [6.45, 7) is 12.8. The number of hydrogen-bond acceptors (Lipinski definition) is 11. The maximum absolute atomic E-state index is 9.52. The van der Waals surface area contributed by atoms with Crippen LogP contribution < -0.4 is 18.9 Å². The summed E-state index contributed by atoms with van der Waals surface area (Å²) in [5.41, 5.74) is 3.75. The van der Waals surface area contributed by atoms with Gasteiger partial charge in [-0.05, 0) is 113 Å². The second-order valence-electron chi connectivity index (χ2n) is 15.8. The van der Waals surface area contributed by atoms with Crippen molar-refractivity contribution in [3.63, 3.8) is 0 Å². The number of thiophene rings is 4. The Bertz CT molecular complexity index is 2500. The van der Waals surface area contributed by atoms with E-state index in [0.717, 1.165) is 128 Å². The first-order valence-corrected chi connectivity index (χ1v) is 24.0. The quantitative estimate of drug-likeness (QED) is 0.101. The van der Waals surface area contributed by atoms with Gasteiger partial charge in [-0.1, -0.05) is 26.7 Å². The van der Waals surface area contributed by atoms with Crippen molar-refractivity contribution >= 4 is 57.5 Å². The van der Waals surface area contributed by atoms with Gasteiger partial charge >= 0.3 is 0 Å². The van der Waals surface area contributed by atoms with Crippen molar-refractivity contribution in [2.45, 2.75) is 102 Å². The van der Waals surface area contributed by atoms with Crippen LogP contribution in [0.3, 0.4) is 0 Å². The zero-order valence-corrected chi connectivity index (χ0v) is 36.8. The predicted molar refractivity (Wildman–Crippen MR) is 241 cm³/mol. The van der Waals surface area contributed by atoms with Gasteiger partial charge in [-0.15, -0.1) is 45.3 Å². The average Bonchev–Trinajstić information content (AvgIpc) is 4.09. The van der Waals surface area contributed by atoms with E-state index in [0.29, 0.717) is 13.2 Å². The van der Waals surface area contributed by atoms with E-state index in [-0.39, 0.29) is 11.3 Å². The number of ether oxygens (including phenoxy) is 4. The number of hydrogen-bond donors (Lipinski definition) is 0. The number of nitrogens with zero attached hydrogens (tertiary/aromatic N) is 4. The topological polar surface area (TPSA) is 113 Å². The molecule has 0 radical (unpaired) electrons. The van der Waals surface area contributed by atoms with Crippen molar-refractivity contribution in [3.8, 4) is 81.6 Å². The second-order valence-corrected chi connectivity index (χ2v) is 20.1. The minimum Gasteiger partial charge on any atom is -0.492 e. The molecule has 0 unspecified atom stereocenters. The number of nitriles is 3. The summed E-state index contributed by atoms with van der Waals surface area (Å²) in [6.07, 6.45) is 15.5. The van der Waals surface area contributed by atoms with E-state index in [1.54, 1.807) is 57.5 Å². The van der Waals surface area contributed by atoms with Crippen LogP contribution in [0.25, 0.3) is 57.4 Å². The molecule has 2 spiro atoms. The van der Waals surface area contributed by atoms with Gasteiger partial charge in [-0.3, -0.25) is 0 Å². The van der Waals surface area contributed by atoms with Crippen LogP contribution in [-0.2, 0) is 11.2 Å². The highest BCUT2D eigenvalue weighted by molar-refractivity contribution is 7.25. The molecule has 60 heavy (non-hydrogen) atoms. The second kappa shape index (κ2) is 16.6. The summed E-state index contributed by atoms with van der Waals surface area (Å²) in [7, 11) is 0. The first-order valence-electron chi connectivity index (χ1n) is 20.8. The van der Waals surface area contributed by atoms with E-state index < -0.39 is 11.2 Å². The first-order chi connectivity index (χ1) is 29.3. The van der Waals surface area contributed by atoms with Crippen LogP contribution in [0.4, 0.5) is 0 Å². The van der Waals surface area contributed by atoms with Gasteiger partial charge in [0, 0.05) is 51.5 Å². The van der Waals surface area contributed by atoms with E-state index in [9.17, 15) is 15.8 Å². The summed E-state index contributed by atoms with van der Waals surface area (Å²) >= 11 is 6.63. The zero-order valence-electron chi connectivity index (χ0n) is 33.6. The lowest BCUT2D eigenvalue weighted by Gasteiger charge is -2.44. The maximum Gasteiger partial charge on any atom is 0.263 e. The fourth-order valence-electron chi connectivity index (χ4n) is 9.05. The molecule has 302 valence electrons. The van der Waals surface area contributed by atoms with Gasteiger partial charge in [0.05, 0.1) is 35.6 Å². The molecule has 12 heteroatoms. The Morgan fingerprint density at radius 3 is 1.53 bits per heavy atom. The lowest BCUT2D eigenvalue weighted by Crippen LogP contribution is -2.38. The van der Waals surface area contributed by atoms with Crippen LogP contribution in [0, 0.1) is 40.6 Å². The van der Waals surface area contributed by atoms with Crippen molar-refractivity contribution in [1.29, 1.82) is 15.8 Å². The average molecular weight is 867 g/mol. The van der Waals surface area contributed by atoms with Gasteiger partial charge in [0.2, 0.25) is 0 Å². The molecule has 2 aliphatic heterocycles. The third-order valence-corrected chi connectivity index (χ3v) is 16.6. The maximum atomic E-state index is 9.52. The van der Waals surface area contributed by atoms with Crippen LogP contribution in [0.5, 0.6) is 23.0 Å². The van der Waals surface area contributed by atoms with Crippen molar-refractivity contribution in [3.05, 3.63) is 80.0 Å². The number of rotatable bonds is 10. The molecule has 0 N–H and O–H groups in total. The van der Waals surface area contributed by atoms with Gasteiger partial charge in [0.15, 0.2) is 0 Å². The molecule has 2 saturated carbocycles. The predicted octanol–water partition coefficient (Wildman–Crippen LogP) is 14.5. The SMILES string of the molecule is [C-]#[N+]/C(C#N)=C/c1cc(OCCC)c(-c2cc3c(s2)-c2cc4c(cc2OC32CCCCC2)-c2sc(-c3sc(C=C(C#N)C#N)cc3OCCC)cc2C2(CCCCC2)O4)s1. The van der Waals surface area contributed by atoms with E-state index in [2.05, 4.69) is 43.0 Å². The summed E-state index contributed by atoms with van der Waals surface area (Å²) in [6, 6.07) is 19.0. The minimum atomic E-state index is -0.452. The molecule has 0 amide bonds. The van der Waals surface area contributed by atoms with Gasteiger partial charge in [0.1, 0.15) is 51.9 Å². The molecule has 0 saturated heterocycles. The van der Waals surface area contributed by atoms with Crippen LogP contribution in [0.1, 0.15) is 112 Å². The fourth-order valence-corrected chi connectivity index (χ4v) is 13.9. The summed E-state index contributed by atoms with van der Waals surface area (Å²) < 4.78 is 27.3. The van der Waals surface area contributed by atoms with Crippen molar-refractivity contribution in [2.75, 3.05) is 13.2 Å². The Kier molecular flexibility index (Phi) is 11.1. The Balaban J connectivity index is 1.20. The van der Waals surface area contributed by atoms with Crippen LogP contribution in [0.2, 0.25) is 0 Å². The van der Waals surface area contributed by atoms with Crippen molar-refractivity contribution < 1.29 is 18.9 Å². The van der Waals surface area contributed by atoms with Gasteiger partial charge in [-0.25, -0.2) is 10.1 Å². The van der Waals surface area contributed by atoms with Crippen molar-refractivity contribution in [2.24, 2.45) is 0 Å². The third kappa shape index (κ3) is 7.10. The standard InChI is InChI=1S/C48H42N4O4S4/c1-4-16-53-39-20-31(18-29(26-49)27-50)57-45(39)41-24-35-43(59-41)33-22-38-34(23-37(33)55-47(35)12-8-6-9-13-47)44-36(48(56-38)14-10-7-11-15-48)25-42(60-44)46-40(54-17-5-2)21-32(58-46)19-30(28-51)52-3/h18-25H,4-17H2,1-2H3/b30-19+. The minimum absolute atomic E-state index is 0.0488. The van der Waals surface area contributed by atoms with E-state index in [4.69, 9.17) is 25.5 Å². The van der Waals surface area contributed by atoms with Gasteiger partial charge < -0.3 is 18.9 Å². The largest absolute Gasteiger partial charge is 0.492 e. The molecule has 8 nitrogen and oxygen atoms in total. The monoisotopic (exact) mass is 866 g/mol. The molecule has 2 aliphatic carbocycles. The molecular formula is C48H42N4O4S4. The Labute approximate surface area is 367 Å². The summed E-state index contributed by atoms with van der Waals surface area (Å²) in [4.78, 5) is 11.6. The van der Waals surface area contributed by atoms with Crippen molar-refractivity contribution in [1.82, 2.24) is 0 Å². The molecule has 5 aromatic rings. The van der Waals surface area contributed by atoms with Gasteiger partial charge in [-0.2, -0.15) is 10.5 Å². The molecule has 4 aromatic heterocycles. The number of fused-ring (bicyclic) bond motifs is 8. The molecular weight excluding hydrogens is 825 g/mol. The molecule has 6 heterocycles. The zero-order chi connectivity index (χ0) is 41.4. The normalized spacial score (nSPS) is 16.7. The smallest absolute Gasteiger partial charge is 0.263 e. The van der Waals surface area contributed by atoms with Gasteiger partial charge in [0.25, 0.3) is 5.70 Å². The molecule has 0 bridgehead atoms. The lowest BCUT2D eigenvalue weighted by atomic mass is 9.76. The first kappa shape index (κ1) is 40.1. The van der Waals surface area contributed by atoms with E-state index >= 15 is 0 Å². The highest BCUT2D eigenvalue weighted by Crippen LogP contribution is 2.62.